The van der Waals surface area contributed by atoms with Gasteiger partial charge in [0, 0.05) is 29.7 Å². The number of nitrogens with one attached hydrogen (secondary N) is 2. The van der Waals surface area contributed by atoms with Gasteiger partial charge in [-0.3, -0.25) is 14.4 Å². The number of hydroxylamine groups is 2. The highest BCUT2D eigenvalue weighted by Crippen LogP contribution is 2.23. The van der Waals surface area contributed by atoms with Gasteiger partial charge in [-0.15, -0.1) is 0 Å². The third-order valence-corrected chi connectivity index (χ3v) is 4.53. The van der Waals surface area contributed by atoms with Crippen molar-refractivity contribution < 1.29 is 19.2 Å². The lowest BCUT2D eigenvalue weighted by Crippen LogP contribution is -2.29. The van der Waals surface area contributed by atoms with E-state index in [1.807, 2.05) is 6.92 Å². The van der Waals surface area contributed by atoms with Gasteiger partial charge in [0.05, 0.1) is 14.2 Å². The van der Waals surface area contributed by atoms with Gasteiger partial charge in [-0.25, -0.2) is 10.0 Å². The van der Waals surface area contributed by atoms with Crippen LogP contribution in [-0.4, -0.2) is 47.6 Å². The van der Waals surface area contributed by atoms with Crippen LogP contribution in [0.15, 0.2) is 54.7 Å². The maximum atomic E-state index is 12.3. The number of hydrogen-bond acceptors (Lipinski definition) is 8. The molecular weight excluding hydrogens is 412 g/mol. The standard InChI is InChI=1S/C22H24N6O4/c1-4-28(32-3)21(30)14-5-7-16(8-6-14)26-22-24-13-18(19(23)29)20(27-22)25-15-9-11-17(31-2)12-10-15/h5-13H,4H2,1-3H3,(H2,23,29)(H2,24,25,26,27). The van der Waals surface area contributed by atoms with Gasteiger partial charge in [0.15, 0.2) is 0 Å². The molecule has 0 aliphatic heterocycles. The molecule has 10 nitrogen and oxygen atoms in total. The zero-order valence-electron chi connectivity index (χ0n) is 18.0. The largest absolute Gasteiger partial charge is 0.497 e. The molecule has 2 aromatic carbocycles. The number of benzene rings is 2. The van der Waals surface area contributed by atoms with Crippen molar-refractivity contribution in [3.8, 4) is 5.75 Å². The van der Waals surface area contributed by atoms with Crippen molar-refractivity contribution in [3.05, 3.63) is 65.9 Å². The van der Waals surface area contributed by atoms with Gasteiger partial charge >= 0.3 is 0 Å². The molecule has 3 rings (SSSR count). The van der Waals surface area contributed by atoms with Crippen LogP contribution in [0.3, 0.4) is 0 Å². The van der Waals surface area contributed by atoms with Gasteiger partial charge in [0.25, 0.3) is 11.8 Å². The number of primary amides is 1. The van der Waals surface area contributed by atoms with Crippen LogP contribution in [0.5, 0.6) is 5.75 Å². The molecule has 10 heteroatoms. The first-order chi connectivity index (χ1) is 15.4. The third kappa shape index (κ3) is 5.29. The highest BCUT2D eigenvalue weighted by atomic mass is 16.7. The smallest absolute Gasteiger partial charge is 0.277 e. The van der Waals surface area contributed by atoms with Crippen molar-refractivity contribution in [2.24, 2.45) is 5.73 Å². The molecule has 0 saturated heterocycles. The molecule has 2 amide bonds. The van der Waals surface area contributed by atoms with Gasteiger partial charge in [0.1, 0.15) is 17.1 Å². The molecule has 1 aromatic heterocycles. The number of nitrogens with zero attached hydrogens (tertiary/aromatic N) is 3. The van der Waals surface area contributed by atoms with Crippen molar-refractivity contribution in [1.29, 1.82) is 0 Å². The summed E-state index contributed by atoms with van der Waals surface area (Å²) < 4.78 is 5.15. The second-order valence-electron chi connectivity index (χ2n) is 6.56. The van der Waals surface area contributed by atoms with Crippen LogP contribution in [0.2, 0.25) is 0 Å². The molecule has 0 bridgehead atoms. The first kappa shape index (κ1) is 22.5. The van der Waals surface area contributed by atoms with Crippen LogP contribution < -0.4 is 21.1 Å². The molecule has 32 heavy (non-hydrogen) atoms. The van der Waals surface area contributed by atoms with E-state index in [0.29, 0.717) is 29.2 Å². The van der Waals surface area contributed by atoms with Gasteiger partial charge in [0.2, 0.25) is 5.95 Å². The SMILES string of the molecule is CCN(OC)C(=O)c1ccc(Nc2ncc(C(N)=O)c(Nc3ccc(OC)cc3)n2)cc1. The van der Waals surface area contributed by atoms with Crippen LogP contribution in [0.1, 0.15) is 27.6 Å². The zero-order valence-corrected chi connectivity index (χ0v) is 18.0. The topological polar surface area (TPSA) is 132 Å². The van der Waals surface area contributed by atoms with Crippen molar-refractivity contribution in [2.75, 3.05) is 31.4 Å². The lowest BCUT2D eigenvalue weighted by Gasteiger charge is -2.17. The van der Waals surface area contributed by atoms with E-state index < -0.39 is 5.91 Å². The van der Waals surface area contributed by atoms with E-state index >= 15 is 0 Å². The fourth-order valence-corrected chi connectivity index (χ4v) is 2.85. The molecule has 0 aliphatic carbocycles. The number of carbonyl (C=O) groups is 2. The normalized spacial score (nSPS) is 10.3. The van der Waals surface area contributed by atoms with Gasteiger partial charge < -0.3 is 21.1 Å². The predicted octanol–water partition coefficient (Wildman–Crippen LogP) is 3.09. The summed E-state index contributed by atoms with van der Waals surface area (Å²) in [6.07, 6.45) is 1.35. The summed E-state index contributed by atoms with van der Waals surface area (Å²) in [4.78, 5) is 37.7. The van der Waals surface area contributed by atoms with Crippen LogP contribution in [0, 0.1) is 0 Å². The van der Waals surface area contributed by atoms with Crippen molar-refractivity contribution in [2.45, 2.75) is 6.92 Å². The molecule has 0 atom stereocenters. The summed E-state index contributed by atoms with van der Waals surface area (Å²) in [6, 6.07) is 13.9. The molecule has 0 unspecified atom stereocenters. The molecule has 4 N–H and O–H groups in total. The number of amides is 2. The van der Waals surface area contributed by atoms with E-state index in [9.17, 15) is 9.59 Å². The number of methoxy groups -OCH3 is 1. The third-order valence-electron chi connectivity index (χ3n) is 4.53. The van der Waals surface area contributed by atoms with Crippen LogP contribution in [-0.2, 0) is 4.84 Å². The summed E-state index contributed by atoms with van der Waals surface area (Å²) in [5.41, 5.74) is 7.44. The Kier molecular flexibility index (Phi) is 7.19. The quantitative estimate of drug-likeness (QED) is 0.436. The van der Waals surface area contributed by atoms with Crippen LogP contribution >= 0.6 is 0 Å². The first-order valence-electron chi connectivity index (χ1n) is 9.76. The summed E-state index contributed by atoms with van der Waals surface area (Å²) in [6.45, 7) is 2.25. The Morgan fingerprint density at radius 1 is 1.00 bits per heavy atom. The molecule has 0 radical (unpaired) electrons. The fourth-order valence-electron chi connectivity index (χ4n) is 2.85. The number of ether oxygens (including phenoxy) is 1. The van der Waals surface area contributed by atoms with Crippen molar-refractivity contribution in [3.63, 3.8) is 0 Å². The van der Waals surface area contributed by atoms with Gasteiger partial charge in [-0.1, -0.05) is 0 Å². The number of anilines is 4. The molecule has 0 saturated carbocycles. The number of nitrogens with two attached hydrogens (primary N) is 1. The van der Waals surface area contributed by atoms with E-state index in [0.717, 1.165) is 0 Å². The number of rotatable bonds is 9. The molecule has 166 valence electrons. The van der Waals surface area contributed by atoms with Gasteiger partial charge in [-0.2, -0.15) is 4.98 Å². The lowest BCUT2D eigenvalue weighted by molar-refractivity contribution is -0.0915. The van der Waals surface area contributed by atoms with Crippen LogP contribution in [0.25, 0.3) is 0 Å². The van der Waals surface area contributed by atoms with Crippen LogP contribution in [0.4, 0.5) is 23.1 Å². The minimum Gasteiger partial charge on any atom is -0.497 e. The second kappa shape index (κ2) is 10.2. The highest BCUT2D eigenvalue weighted by Gasteiger charge is 2.15. The van der Waals surface area contributed by atoms with Crippen molar-refractivity contribution in [1.82, 2.24) is 15.0 Å². The number of aromatic nitrogens is 2. The highest BCUT2D eigenvalue weighted by molar-refractivity contribution is 5.98. The average Bonchev–Trinajstić information content (AvgIpc) is 2.81. The van der Waals surface area contributed by atoms with E-state index in [4.69, 9.17) is 15.3 Å². The minimum atomic E-state index is -0.658. The Labute approximate surface area is 185 Å². The predicted molar refractivity (Wildman–Crippen MR) is 120 cm³/mol. The summed E-state index contributed by atoms with van der Waals surface area (Å²) in [7, 11) is 3.03. The molecule has 0 fully saturated rings. The molecular formula is C22H24N6O4. The Hall–Kier alpha value is -4.18. The summed E-state index contributed by atoms with van der Waals surface area (Å²) in [5, 5.41) is 7.37. The number of hydrogen-bond donors (Lipinski definition) is 3. The van der Waals surface area contributed by atoms with E-state index in [1.54, 1.807) is 55.6 Å². The Balaban J connectivity index is 1.80. The van der Waals surface area contributed by atoms with E-state index in [2.05, 4.69) is 20.6 Å². The molecule has 3 aromatic rings. The van der Waals surface area contributed by atoms with E-state index in [-0.39, 0.29) is 23.2 Å². The Morgan fingerprint density at radius 2 is 1.62 bits per heavy atom. The first-order valence-corrected chi connectivity index (χ1v) is 9.76. The maximum Gasteiger partial charge on any atom is 0.277 e. The van der Waals surface area contributed by atoms with E-state index in [1.165, 1.54) is 18.4 Å². The maximum absolute atomic E-state index is 12.3. The molecule has 0 aliphatic rings. The Bertz CT molecular complexity index is 1080. The van der Waals surface area contributed by atoms with Crippen molar-refractivity contribution >= 4 is 35.0 Å². The number of carbonyl (C=O) groups excluding carboxylic acids is 2. The summed E-state index contributed by atoms with van der Waals surface area (Å²) in [5.74, 6) is 0.302. The average molecular weight is 436 g/mol. The monoisotopic (exact) mass is 436 g/mol. The molecule has 0 spiro atoms. The van der Waals surface area contributed by atoms with Gasteiger partial charge in [-0.05, 0) is 55.5 Å². The molecule has 1 heterocycles. The zero-order chi connectivity index (χ0) is 23.1. The Morgan fingerprint density at radius 3 is 2.19 bits per heavy atom. The lowest BCUT2D eigenvalue weighted by atomic mass is 10.2. The summed E-state index contributed by atoms with van der Waals surface area (Å²) >= 11 is 0. The minimum absolute atomic E-state index is 0.145. The fraction of sp³-hybridized carbons (Fsp3) is 0.182. The second-order valence-corrected chi connectivity index (χ2v) is 6.56.